The fourth-order valence-electron chi connectivity index (χ4n) is 2.85. The van der Waals surface area contributed by atoms with E-state index in [4.69, 9.17) is 4.74 Å². The van der Waals surface area contributed by atoms with E-state index >= 15 is 0 Å². The largest absolute Gasteiger partial charge is 0.507 e. The van der Waals surface area contributed by atoms with Gasteiger partial charge in [-0.05, 0) is 39.0 Å². The normalized spacial score (nSPS) is 21.1. The number of halogens is 3. The Hall–Kier alpha value is -2.42. The van der Waals surface area contributed by atoms with E-state index in [2.05, 4.69) is 15.2 Å². The average molecular weight is 368 g/mol. The van der Waals surface area contributed by atoms with Crippen LogP contribution in [0.25, 0.3) is 11.3 Å². The number of aromatic hydroxyl groups is 1. The number of ether oxygens (including phenoxy) is 1. The van der Waals surface area contributed by atoms with Crippen molar-refractivity contribution in [2.24, 2.45) is 0 Å². The Morgan fingerprint density at radius 1 is 1.23 bits per heavy atom. The van der Waals surface area contributed by atoms with Crippen molar-refractivity contribution in [3.63, 3.8) is 0 Å². The van der Waals surface area contributed by atoms with Crippen molar-refractivity contribution in [2.75, 3.05) is 18.1 Å². The van der Waals surface area contributed by atoms with E-state index in [0.717, 1.165) is 6.07 Å². The lowest BCUT2D eigenvalue weighted by Crippen LogP contribution is -2.48. The van der Waals surface area contributed by atoms with Gasteiger partial charge in [0.05, 0.1) is 30.0 Å². The van der Waals surface area contributed by atoms with Crippen molar-refractivity contribution in [1.29, 1.82) is 0 Å². The van der Waals surface area contributed by atoms with Crippen LogP contribution in [0, 0.1) is 6.92 Å². The number of nitrogens with zero attached hydrogens (tertiary/aromatic N) is 4. The van der Waals surface area contributed by atoms with Crippen LogP contribution in [0.1, 0.15) is 25.1 Å². The number of phenolic OH excluding ortho intramolecular Hbond substituents is 1. The summed E-state index contributed by atoms with van der Waals surface area (Å²) < 4.78 is 43.8. The molecule has 1 aromatic heterocycles. The molecule has 3 rings (SSSR count). The summed E-state index contributed by atoms with van der Waals surface area (Å²) in [5.74, 6) is -0.0829. The van der Waals surface area contributed by atoms with Crippen molar-refractivity contribution >= 4 is 5.95 Å². The second kappa shape index (κ2) is 6.71. The Kier molecular flexibility index (Phi) is 4.74. The van der Waals surface area contributed by atoms with Crippen LogP contribution < -0.4 is 4.90 Å². The van der Waals surface area contributed by atoms with Crippen LogP contribution in [-0.2, 0) is 10.9 Å². The summed E-state index contributed by atoms with van der Waals surface area (Å²) in [6.45, 7) is 6.78. The van der Waals surface area contributed by atoms with Crippen LogP contribution in [0.4, 0.5) is 19.1 Å². The third-order valence-electron chi connectivity index (χ3n) is 4.29. The van der Waals surface area contributed by atoms with Gasteiger partial charge in [0.1, 0.15) is 11.4 Å². The van der Waals surface area contributed by atoms with E-state index in [1.807, 2.05) is 18.7 Å². The van der Waals surface area contributed by atoms with E-state index in [1.54, 1.807) is 6.92 Å². The van der Waals surface area contributed by atoms with E-state index in [-0.39, 0.29) is 23.4 Å². The standard InChI is InChI=1S/C17H19F3N4O2/c1-9-8-26-10(2)7-24(9)16-21-11(3)15(22-23-16)13-5-4-12(6-14(13)25)17(18,19)20/h4-6,9-10,25H,7-8H2,1-3H3/t9-,10-/m1/s1. The minimum atomic E-state index is -4.53. The highest BCUT2D eigenvalue weighted by Gasteiger charge is 2.31. The molecule has 0 radical (unpaired) electrons. The quantitative estimate of drug-likeness (QED) is 0.878. The lowest BCUT2D eigenvalue weighted by Gasteiger charge is -2.36. The summed E-state index contributed by atoms with van der Waals surface area (Å²) in [5, 5.41) is 18.2. The molecule has 1 N–H and O–H groups in total. The second-order valence-corrected chi connectivity index (χ2v) is 6.42. The van der Waals surface area contributed by atoms with Crippen LogP contribution >= 0.6 is 0 Å². The molecule has 9 heteroatoms. The molecule has 0 saturated carbocycles. The van der Waals surface area contributed by atoms with Crippen molar-refractivity contribution in [2.45, 2.75) is 39.1 Å². The molecule has 1 aliphatic rings. The summed E-state index contributed by atoms with van der Waals surface area (Å²) >= 11 is 0. The van der Waals surface area contributed by atoms with Crippen LogP contribution in [0.2, 0.25) is 0 Å². The predicted molar refractivity (Wildman–Crippen MR) is 88.9 cm³/mol. The molecule has 1 fully saturated rings. The van der Waals surface area contributed by atoms with Gasteiger partial charge in [0, 0.05) is 12.1 Å². The molecule has 0 unspecified atom stereocenters. The van der Waals surface area contributed by atoms with E-state index in [9.17, 15) is 18.3 Å². The van der Waals surface area contributed by atoms with Gasteiger partial charge in [-0.3, -0.25) is 0 Å². The number of rotatable bonds is 2. The zero-order valence-electron chi connectivity index (χ0n) is 14.6. The SMILES string of the molecule is Cc1nc(N2C[C@@H](C)OC[C@H]2C)nnc1-c1ccc(C(F)(F)F)cc1O. The van der Waals surface area contributed by atoms with Crippen molar-refractivity contribution < 1.29 is 23.0 Å². The molecule has 1 aromatic carbocycles. The number of anilines is 1. The maximum Gasteiger partial charge on any atom is 0.416 e. The first kappa shape index (κ1) is 18.4. The lowest BCUT2D eigenvalue weighted by molar-refractivity contribution is -0.137. The Balaban J connectivity index is 1.93. The van der Waals surface area contributed by atoms with E-state index in [0.29, 0.717) is 30.9 Å². The van der Waals surface area contributed by atoms with Crippen LogP contribution in [0.3, 0.4) is 0 Å². The van der Waals surface area contributed by atoms with Gasteiger partial charge in [-0.1, -0.05) is 0 Å². The molecule has 1 saturated heterocycles. The number of phenols is 1. The number of hydrogen-bond acceptors (Lipinski definition) is 6. The number of hydrogen-bond donors (Lipinski definition) is 1. The maximum atomic E-state index is 12.7. The summed E-state index contributed by atoms with van der Waals surface area (Å²) in [6, 6.07) is 2.83. The van der Waals surface area contributed by atoms with Gasteiger partial charge in [-0.25, -0.2) is 4.98 Å². The Morgan fingerprint density at radius 3 is 2.58 bits per heavy atom. The number of benzene rings is 1. The summed E-state index contributed by atoms with van der Waals surface area (Å²) in [7, 11) is 0. The molecular weight excluding hydrogens is 349 g/mol. The van der Waals surface area contributed by atoms with Crippen molar-refractivity contribution in [1.82, 2.24) is 15.2 Å². The van der Waals surface area contributed by atoms with E-state index < -0.39 is 17.5 Å². The average Bonchev–Trinajstić information content (AvgIpc) is 2.56. The van der Waals surface area contributed by atoms with Gasteiger partial charge in [0.25, 0.3) is 0 Å². The third kappa shape index (κ3) is 3.57. The van der Waals surface area contributed by atoms with Gasteiger partial charge in [0.15, 0.2) is 0 Å². The van der Waals surface area contributed by atoms with Gasteiger partial charge in [0.2, 0.25) is 5.95 Å². The monoisotopic (exact) mass is 368 g/mol. The molecule has 2 atom stereocenters. The fraction of sp³-hybridized carbons (Fsp3) is 0.471. The molecule has 6 nitrogen and oxygen atoms in total. The zero-order valence-corrected chi connectivity index (χ0v) is 14.6. The third-order valence-corrected chi connectivity index (χ3v) is 4.29. The van der Waals surface area contributed by atoms with Gasteiger partial charge in [-0.2, -0.15) is 13.2 Å². The second-order valence-electron chi connectivity index (χ2n) is 6.42. The molecule has 0 aliphatic carbocycles. The first-order valence-corrected chi connectivity index (χ1v) is 8.17. The Labute approximate surface area is 148 Å². The van der Waals surface area contributed by atoms with Crippen molar-refractivity contribution in [3.05, 3.63) is 29.5 Å². The number of aromatic nitrogens is 3. The minimum Gasteiger partial charge on any atom is -0.507 e. The van der Waals surface area contributed by atoms with Gasteiger partial charge >= 0.3 is 6.18 Å². The number of aryl methyl sites for hydroxylation is 1. The summed E-state index contributed by atoms with van der Waals surface area (Å²) in [6.07, 6.45) is -4.49. The zero-order chi connectivity index (χ0) is 19.1. The van der Waals surface area contributed by atoms with Crippen LogP contribution in [0.15, 0.2) is 18.2 Å². The summed E-state index contributed by atoms with van der Waals surface area (Å²) in [5.41, 5.74) is -0.0548. The van der Waals surface area contributed by atoms with Crippen molar-refractivity contribution in [3.8, 4) is 17.0 Å². The molecule has 0 amide bonds. The molecule has 1 aliphatic heterocycles. The highest BCUT2D eigenvalue weighted by atomic mass is 19.4. The number of morpholine rings is 1. The minimum absolute atomic E-state index is 0.0359. The molecule has 140 valence electrons. The first-order valence-electron chi connectivity index (χ1n) is 8.17. The smallest absolute Gasteiger partial charge is 0.416 e. The van der Waals surface area contributed by atoms with Crippen LogP contribution in [0.5, 0.6) is 5.75 Å². The van der Waals surface area contributed by atoms with Gasteiger partial charge < -0.3 is 14.7 Å². The van der Waals surface area contributed by atoms with Gasteiger partial charge in [-0.15, -0.1) is 10.2 Å². The topological polar surface area (TPSA) is 71.4 Å². The maximum absolute atomic E-state index is 12.7. The fourth-order valence-corrected chi connectivity index (χ4v) is 2.85. The molecule has 0 bridgehead atoms. The molecule has 0 spiro atoms. The number of alkyl halides is 3. The highest BCUT2D eigenvalue weighted by molar-refractivity contribution is 5.69. The predicted octanol–water partition coefficient (Wildman–Crippen LogP) is 3.19. The first-order chi connectivity index (χ1) is 12.2. The molecular formula is C17H19F3N4O2. The highest BCUT2D eigenvalue weighted by Crippen LogP contribution is 2.36. The Morgan fingerprint density at radius 2 is 1.96 bits per heavy atom. The lowest BCUT2D eigenvalue weighted by atomic mass is 10.1. The molecule has 26 heavy (non-hydrogen) atoms. The summed E-state index contributed by atoms with van der Waals surface area (Å²) in [4.78, 5) is 6.41. The molecule has 2 aromatic rings. The molecule has 2 heterocycles. The Bertz CT molecular complexity index is 813. The van der Waals surface area contributed by atoms with E-state index in [1.165, 1.54) is 6.07 Å². The van der Waals surface area contributed by atoms with Crippen LogP contribution in [-0.4, -0.2) is 45.6 Å².